The minimum Gasteiger partial charge on any atom is -0.463 e. The summed E-state index contributed by atoms with van der Waals surface area (Å²) in [6.07, 6.45) is 2.30. The number of nitrogens with one attached hydrogen (secondary N) is 1. The number of amidine groups is 1. The molecule has 0 bridgehead atoms. The average molecular weight is 241 g/mol. The molecule has 1 aliphatic heterocycles. The number of rotatable bonds is 4. The highest BCUT2D eigenvalue weighted by Gasteiger charge is 2.21. The molecular formula is C12H20FN3O. The first-order valence-corrected chi connectivity index (χ1v) is 5.65. The molecule has 0 amide bonds. The second-order valence-electron chi connectivity index (χ2n) is 4.12. The number of hydrogen-bond donors (Lipinski definition) is 1. The summed E-state index contributed by atoms with van der Waals surface area (Å²) < 4.78 is 18.2. The minimum absolute atomic E-state index is 0.0744. The van der Waals surface area contributed by atoms with Crippen LogP contribution in [0.2, 0.25) is 0 Å². The number of likely N-dealkylation sites (tertiary alicyclic amines) is 1. The molecule has 4 nitrogen and oxygen atoms in total. The highest BCUT2D eigenvalue weighted by atomic mass is 19.1. The Balaban J connectivity index is 2.38. The highest BCUT2D eigenvalue weighted by molar-refractivity contribution is 5.76. The van der Waals surface area contributed by atoms with Crippen LogP contribution in [-0.4, -0.2) is 44.2 Å². The molecule has 0 aromatic rings. The second-order valence-corrected chi connectivity index (χ2v) is 4.12. The first kappa shape index (κ1) is 13.7. The van der Waals surface area contributed by atoms with Crippen molar-refractivity contribution in [3.05, 3.63) is 24.7 Å². The van der Waals surface area contributed by atoms with Crippen LogP contribution < -0.4 is 5.32 Å². The summed E-state index contributed by atoms with van der Waals surface area (Å²) in [4.78, 5) is 6.14. The Morgan fingerprint density at radius 1 is 1.59 bits per heavy atom. The summed E-state index contributed by atoms with van der Waals surface area (Å²) in [5.41, 5.74) is 0.0744. The molecule has 5 heteroatoms. The molecule has 0 unspecified atom stereocenters. The lowest BCUT2D eigenvalue weighted by molar-refractivity contribution is 0.184. The lowest BCUT2D eigenvalue weighted by Gasteiger charge is -2.20. The van der Waals surface area contributed by atoms with Gasteiger partial charge >= 0.3 is 0 Å². The molecule has 0 spiro atoms. The van der Waals surface area contributed by atoms with Crippen LogP contribution in [0.3, 0.4) is 0 Å². The van der Waals surface area contributed by atoms with E-state index >= 15 is 0 Å². The fourth-order valence-electron chi connectivity index (χ4n) is 1.72. The monoisotopic (exact) mass is 241 g/mol. The molecule has 1 aliphatic rings. The van der Waals surface area contributed by atoms with Crippen molar-refractivity contribution in [3.63, 3.8) is 0 Å². The van der Waals surface area contributed by atoms with E-state index in [1.54, 1.807) is 7.05 Å². The molecule has 1 saturated heterocycles. The van der Waals surface area contributed by atoms with Crippen molar-refractivity contribution >= 4 is 6.02 Å². The van der Waals surface area contributed by atoms with Gasteiger partial charge < -0.3 is 15.0 Å². The fourth-order valence-corrected chi connectivity index (χ4v) is 1.72. The van der Waals surface area contributed by atoms with E-state index in [2.05, 4.69) is 35.4 Å². The summed E-state index contributed by atoms with van der Waals surface area (Å²) in [7, 11) is 3.65. The topological polar surface area (TPSA) is 36.9 Å². The predicted octanol–water partition coefficient (Wildman–Crippen LogP) is 1.67. The molecule has 1 N–H and O–H groups in total. The predicted molar refractivity (Wildman–Crippen MR) is 67.5 cm³/mol. The Bertz CT molecular complexity index is 328. The van der Waals surface area contributed by atoms with Crippen LogP contribution in [0.5, 0.6) is 0 Å². The number of hydrogen-bond acceptors (Lipinski definition) is 3. The zero-order valence-corrected chi connectivity index (χ0v) is 10.5. The van der Waals surface area contributed by atoms with Gasteiger partial charge in [0.25, 0.3) is 6.02 Å². The normalized spacial score (nSPS) is 21.4. The van der Waals surface area contributed by atoms with Crippen LogP contribution in [0.15, 0.2) is 29.7 Å². The molecule has 0 aromatic heterocycles. The molecule has 17 heavy (non-hydrogen) atoms. The lowest BCUT2D eigenvalue weighted by Crippen LogP contribution is -2.34. The molecule has 0 saturated carbocycles. The third kappa shape index (κ3) is 4.19. The SMILES string of the molecule is C=C(F)C(=C)NC(=NC)OC[C@@H]1CCCN1C. The molecule has 1 fully saturated rings. The number of likely N-dealkylation sites (N-methyl/N-ethyl adjacent to an activating group) is 1. The molecule has 0 aromatic carbocycles. The Hall–Kier alpha value is -1.36. The quantitative estimate of drug-likeness (QED) is 0.462. The summed E-state index contributed by atoms with van der Waals surface area (Å²) in [6.45, 7) is 8.26. The summed E-state index contributed by atoms with van der Waals surface area (Å²) in [6, 6.07) is 0.671. The Morgan fingerprint density at radius 3 is 2.76 bits per heavy atom. The van der Waals surface area contributed by atoms with Gasteiger partial charge in [-0.05, 0) is 26.4 Å². The maximum Gasteiger partial charge on any atom is 0.289 e. The molecule has 0 aliphatic carbocycles. The molecule has 1 heterocycles. The second kappa shape index (κ2) is 6.39. The minimum atomic E-state index is -0.618. The van der Waals surface area contributed by atoms with Crippen molar-refractivity contribution in [2.24, 2.45) is 4.99 Å². The zero-order chi connectivity index (χ0) is 12.8. The van der Waals surface area contributed by atoms with Gasteiger partial charge in [0.15, 0.2) is 0 Å². The van der Waals surface area contributed by atoms with Gasteiger partial charge in [-0.2, -0.15) is 0 Å². The van der Waals surface area contributed by atoms with Crippen molar-refractivity contribution in [1.29, 1.82) is 0 Å². The van der Waals surface area contributed by atoms with Crippen LogP contribution in [0, 0.1) is 0 Å². The molecule has 1 atom stereocenters. The van der Waals surface area contributed by atoms with Gasteiger partial charge in [0, 0.05) is 13.1 Å². The molecule has 96 valence electrons. The summed E-state index contributed by atoms with van der Waals surface area (Å²) in [5, 5.41) is 2.65. The Kier molecular flexibility index (Phi) is 5.15. The van der Waals surface area contributed by atoms with Crippen molar-refractivity contribution in [2.75, 3.05) is 27.2 Å². The molecular weight excluding hydrogens is 221 g/mol. The van der Waals surface area contributed by atoms with E-state index in [1.165, 1.54) is 6.42 Å². The van der Waals surface area contributed by atoms with Gasteiger partial charge in [-0.15, -0.1) is 0 Å². The van der Waals surface area contributed by atoms with Crippen LogP contribution in [-0.2, 0) is 4.74 Å². The van der Waals surface area contributed by atoms with E-state index in [4.69, 9.17) is 4.74 Å². The maximum atomic E-state index is 12.7. The van der Waals surface area contributed by atoms with Crippen LogP contribution in [0.1, 0.15) is 12.8 Å². The molecule has 1 rings (SSSR count). The number of aliphatic imine (C=N–C) groups is 1. The van der Waals surface area contributed by atoms with Gasteiger partial charge in [0.1, 0.15) is 12.4 Å². The van der Waals surface area contributed by atoms with E-state index in [9.17, 15) is 4.39 Å². The van der Waals surface area contributed by atoms with Gasteiger partial charge in [-0.1, -0.05) is 13.2 Å². The number of nitrogens with zero attached hydrogens (tertiary/aromatic N) is 2. The fraction of sp³-hybridized carbons (Fsp3) is 0.583. The van der Waals surface area contributed by atoms with Gasteiger partial charge in [0.2, 0.25) is 0 Å². The average Bonchev–Trinajstić information content (AvgIpc) is 2.69. The van der Waals surface area contributed by atoms with Crippen molar-refractivity contribution in [2.45, 2.75) is 18.9 Å². The van der Waals surface area contributed by atoms with Crippen molar-refractivity contribution in [3.8, 4) is 0 Å². The van der Waals surface area contributed by atoms with Crippen LogP contribution >= 0.6 is 0 Å². The van der Waals surface area contributed by atoms with Gasteiger partial charge in [0.05, 0.1) is 5.70 Å². The van der Waals surface area contributed by atoms with Crippen LogP contribution in [0.4, 0.5) is 4.39 Å². The summed E-state index contributed by atoms with van der Waals surface area (Å²) in [5.74, 6) is -0.618. The Morgan fingerprint density at radius 2 is 2.29 bits per heavy atom. The third-order valence-corrected chi connectivity index (χ3v) is 2.87. The van der Waals surface area contributed by atoms with E-state index < -0.39 is 5.83 Å². The number of allylic oxidation sites excluding steroid dienone is 1. The van der Waals surface area contributed by atoms with Gasteiger partial charge in [-0.3, -0.25) is 0 Å². The number of halogens is 1. The highest BCUT2D eigenvalue weighted by Crippen LogP contribution is 2.14. The molecule has 0 radical (unpaired) electrons. The van der Waals surface area contributed by atoms with E-state index in [-0.39, 0.29) is 11.7 Å². The van der Waals surface area contributed by atoms with E-state index in [0.717, 1.165) is 13.0 Å². The first-order valence-electron chi connectivity index (χ1n) is 5.65. The Labute approximate surface area is 102 Å². The smallest absolute Gasteiger partial charge is 0.289 e. The third-order valence-electron chi connectivity index (χ3n) is 2.87. The van der Waals surface area contributed by atoms with Crippen LogP contribution in [0.25, 0.3) is 0 Å². The van der Waals surface area contributed by atoms with Crippen molar-refractivity contribution in [1.82, 2.24) is 10.2 Å². The zero-order valence-electron chi connectivity index (χ0n) is 10.5. The lowest BCUT2D eigenvalue weighted by atomic mass is 10.2. The largest absolute Gasteiger partial charge is 0.463 e. The summed E-state index contributed by atoms with van der Waals surface area (Å²) >= 11 is 0. The standard InChI is InChI=1S/C12H20FN3O/c1-9(13)10(2)15-12(14-3)17-8-11-6-5-7-16(11)4/h11H,1-2,5-8H2,3-4H3,(H,14,15)/t11-/m0/s1. The first-order chi connectivity index (χ1) is 8.04. The maximum absolute atomic E-state index is 12.7. The van der Waals surface area contributed by atoms with E-state index in [0.29, 0.717) is 12.6 Å². The van der Waals surface area contributed by atoms with Gasteiger partial charge in [-0.25, -0.2) is 9.38 Å². The van der Waals surface area contributed by atoms with E-state index in [1.807, 2.05) is 0 Å². The number of ether oxygens (including phenoxy) is 1. The van der Waals surface area contributed by atoms with Crippen molar-refractivity contribution < 1.29 is 9.13 Å².